The van der Waals surface area contributed by atoms with Gasteiger partial charge in [0.15, 0.2) is 0 Å². The van der Waals surface area contributed by atoms with E-state index in [-0.39, 0.29) is 12.6 Å². The number of benzene rings is 1. The molecule has 1 unspecified atom stereocenters. The van der Waals surface area contributed by atoms with Crippen molar-refractivity contribution >= 4 is 17.2 Å². The van der Waals surface area contributed by atoms with E-state index in [1.165, 1.54) is 11.1 Å². The third kappa shape index (κ3) is 3.76. The number of aliphatic hydroxyl groups is 1. The molecule has 1 aliphatic heterocycles. The average molecular weight is 293 g/mol. The van der Waals surface area contributed by atoms with E-state index in [2.05, 4.69) is 41.0 Å². The molecular formula is C15H23N3OS. The Morgan fingerprint density at radius 1 is 1.35 bits per heavy atom. The van der Waals surface area contributed by atoms with Crippen molar-refractivity contribution in [3.8, 4) is 0 Å². The van der Waals surface area contributed by atoms with Crippen molar-refractivity contribution in [2.24, 2.45) is 5.73 Å². The third-order valence-electron chi connectivity index (χ3n) is 3.82. The van der Waals surface area contributed by atoms with Crippen LogP contribution in [0.3, 0.4) is 0 Å². The van der Waals surface area contributed by atoms with Crippen LogP contribution in [-0.2, 0) is 0 Å². The first-order valence-electron chi connectivity index (χ1n) is 7.05. The Bertz CT molecular complexity index is 458. The van der Waals surface area contributed by atoms with Crippen molar-refractivity contribution in [1.29, 1.82) is 0 Å². The first kappa shape index (κ1) is 15.4. The summed E-state index contributed by atoms with van der Waals surface area (Å²) in [7, 11) is 0. The van der Waals surface area contributed by atoms with E-state index in [1.54, 1.807) is 0 Å². The predicted octanol–water partition coefficient (Wildman–Crippen LogP) is 0.932. The summed E-state index contributed by atoms with van der Waals surface area (Å²) in [5.41, 5.74) is 8.38. The van der Waals surface area contributed by atoms with Crippen LogP contribution in [0.4, 0.5) is 0 Å². The van der Waals surface area contributed by atoms with Gasteiger partial charge in [-0.3, -0.25) is 9.80 Å². The Hall–Kier alpha value is -1.01. The summed E-state index contributed by atoms with van der Waals surface area (Å²) in [6.45, 7) is 6.80. The van der Waals surface area contributed by atoms with Crippen molar-refractivity contribution in [1.82, 2.24) is 9.80 Å². The molecule has 0 saturated carbocycles. The van der Waals surface area contributed by atoms with Gasteiger partial charge in [-0.05, 0) is 12.5 Å². The predicted molar refractivity (Wildman–Crippen MR) is 85.8 cm³/mol. The first-order chi connectivity index (χ1) is 9.61. The quantitative estimate of drug-likeness (QED) is 0.791. The summed E-state index contributed by atoms with van der Waals surface area (Å²) in [6.07, 6.45) is 0. The number of nitrogens with zero attached hydrogens (tertiary/aromatic N) is 2. The number of hydrogen-bond donors (Lipinski definition) is 2. The standard InChI is InChI=1S/C15H23N3OS/c1-12-3-2-4-13(11-12)14(15(16)20)18-7-5-17(6-8-18)9-10-19/h2-4,11,14,19H,5-10H2,1H3,(H2,16,20). The van der Waals surface area contributed by atoms with Gasteiger partial charge in [0.1, 0.15) is 0 Å². The molecule has 3 N–H and O–H groups in total. The van der Waals surface area contributed by atoms with Crippen LogP contribution in [0.15, 0.2) is 24.3 Å². The highest BCUT2D eigenvalue weighted by atomic mass is 32.1. The lowest BCUT2D eigenvalue weighted by Gasteiger charge is -2.39. The normalized spacial score (nSPS) is 18.9. The molecule has 1 heterocycles. The smallest absolute Gasteiger partial charge is 0.0948 e. The van der Waals surface area contributed by atoms with Gasteiger partial charge in [-0.2, -0.15) is 0 Å². The number of piperazine rings is 1. The Morgan fingerprint density at radius 3 is 2.60 bits per heavy atom. The summed E-state index contributed by atoms with van der Waals surface area (Å²) in [4.78, 5) is 5.14. The van der Waals surface area contributed by atoms with E-state index in [1.807, 2.05) is 0 Å². The van der Waals surface area contributed by atoms with Gasteiger partial charge in [-0.15, -0.1) is 0 Å². The topological polar surface area (TPSA) is 52.7 Å². The lowest BCUT2D eigenvalue weighted by Crippen LogP contribution is -2.50. The van der Waals surface area contributed by atoms with Crippen LogP contribution in [0.1, 0.15) is 17.2 Å². The fourth-order valence-corrected chi connectivity index (χ4v) is 3.07. The molecule has 1 fully saturated rings. The van der Waals surface area contributed by atoms with Gasteiger partial charge in [0.05, 0.1) is 17.6 Å². The van der Waals surface area contributed by atoms with Crippen molar-refractivity contribution in [2.75, 3.05) is 39.3 Å². The van der Waals surface area contributed by atoms with Crippen molar-refractivity contribution in [2.45, 2.75) is 13.0 Å². The number of β-amino-alcohol motifs (C(OH)–C–C–N with tert-alkyl or cyclic N) is 1. The summed E-state index contributed by atoms with van der Waals surface area (Å²) in [5, 5.41) is 8.99. The minimum atomic E-state index is 0.0150. The highest BCUT2D eigenvalue weighted by Gasteiger charge is 2.26. The number of thiocarbonyl (C=S) groups is 1. The second-order valence-electron chi connectivity index (χ2n) is 5.32. The molecule has 2 rings (SSSR count). The maximum atomic E-state index is 8.99. The van der Waals surface area contributed by atoms with Crippen molar-refractivity contribution < 1.29 is 5.11 Å². The highest BCUT2D eigenvalue weighted by Crippen LogP contribution is 2.23. The fraction of sp³-hybridized carbons (Fsp3) is 0.533. The molecule has 0 bridgehead atoms. The average Bonchev–Trinajstić information content (AvgIpc) is 2.41. The van der Waals surface area contributed by atoms with Crippen LogP contribution >= 0.6 is 12.2 Å². The first-order valence-corrected chi connectivity index (χ1v) is 7.46. The molecule has 1 aromatic rings. The molecule has 4 nitrogen and oxygen atoms in total. The molecule has 1 saturated heterocycles. The van der Waals surface area contributed by atoms with E-state index in [0.29, 0.717) is 4.99 Å². The van der Waals surface area contributed by atoms with Gasteiger partial charge < -0.3 is 10.8 Å². The summed E-state index contributed by atoms with van der Waals surface area (Å²) >= 11 is 5.29. The maximum Gasteiger partial charge on any atom is 0.0948 e. The van der Waals surface area contributed by atoms with Crippen molar-refractivity contribution in [3.05, 3.63) is 35.4 Å². The summed E-state index contributed by atoms with van der Waals surface area (Å²) in [5.74, 6) is 0. The maximum absolute atomic E-state index is 8.99. The molecule has 0 spiro atoms. The van der Waals surface area contributed by atoms with Crippen LogP contribution in [0.25, 0.3) is 0 Å². The van der Waals surface area contributed by atoms with Crippen LogP contribution in [0, 0.1) is 6.92 Å². The number of hydrogen-bond acceptors (Lipinski definition) is 4. The molecule has 0 aliphatic carbocycles. The Morgan fingerprint density at radius 2 is 2.05 bits per heavy atom. The van der Waals surface area contributed by atoms with E-state index in [4.69, 9.17) is 23.1 Å². The molecule has 1 atom stereocenters. The minimum absolute atomic E-state index is 0.0150. The van der Waals surface area contributed by atoms with Crippen LogP contribution in [0.2, 0.25) is 0 Å². The van der Waals surface area contributed by atoms with Crippen LogP contribution < -0.4 is 5.73 Å². The Kier molecular flexibility index (Phi) is 5.48. The van der Waals surface area contributed by atoms with Gasteiger partial charge in [-0.25, -0.2) is 0 Å². The zero-order chi connectivity index (χ0) is 14.5. The second kappa shape index (κ2) is 7.13. The lowest BCUT2D eigenvalue weighted by atomic mass is 10.0. The molecule has 0 amide bonds. The van der Waals surface area contributed by atoms with Crippen LogP contribution in [0.5, 0.6) is 0 Å². The lowest BCUT2D eigenvalue weighted by molar-refractivity contribution is 0.101. The van der Waals surface area contributed by atoms with Gasteiger partial charge in [0.2, 0.25) is 0 Å². The fourth-order valence-electron chi connectivity index (χ4n) is 2.78. The Balaban J connectivity index is 2.09. The van der Waals surface area contributed by atoms with E-state index in [0.717, 1.165) is 32.7 Å². The molecule has 0 aromatic heterocycles. The summed E-state index contributed by atoms with van der Waals surface area (Å²) < 4.78 is 0. The molecule has 1 aromatic carbocycles. The minimum Gasteiger partial charge on any atom is -0.395 e. The van der Waals surface area contributed by atoms with E-state index < -0.39 is 0 Å². The highest BCUT2D eigenvalue weighted by molar-refractivity contribution is 7.80. The number of nitrogens with two attached hydrogens (primary N) is 1. The van der Waals surface area contributed by atoms with Crippen molar-refractivity contribution in [3.63, 3.8) is 0 Å². The molecular weight excluding hydrogens is 270 g/mol. The third-order valence-corrected chi connectivity index (χ3v) is 4.04. The van der Waals surface area contributed by atoms with E-state index in [9.17, 15) is 0 Å². The largest absolute Gasteiger partial charge is 0.395 e. The zero-order valence-corrected chi connectivity index (χ0v) is 12.8. The Labute approximate surface area is 126 Å². The second-order valence-corrected chi connectivity index (χ2v) is 5.79. The SMILES string of the molecule is Cc1cccc(C(C(N)=S)N2CCN(CCO)CC2)c1. The monoisotopic (exact) mass is 293 g/mol. The molecule has 5 heteroatoms. The molecule has 1 aliphatic rings. The number of aliphatic hydroxyl groups excluding tert-OH is 1. The number of rotatable bonds is 5. The zero-order valence-electron chi connectivity index (χ0n) is 12.0. The van der Waals surface area contributed by atoms with Gasteiger partial charge in [0.25, 0.3) is 0 Å². The van der Waals surface area contributed by atoms with Gasteiger partial charge in [0, 0.05) is 32.7 Å². The summed E-state index contributed by atoms with van der Waals surface area (Å²) in [6, 6.07) is 8.40. The molecule has 0 radical (unpaired) electrons. The van der Waals surface area contributed by atoms with Gasteiger partial charge >= 0.3 is 0 Å². The molecule has 20 heavy (non-hydrogen) atoms. The molecule has 110 valence electrons. The van der Waals surface area contributed by atoms with Gasteiger partial charge in [-0.1, -0.05) is 42.0 Å². The number of aryl methyl sites for hydroxylation is 1. The van der Waals surface area contributed by atoms with Crippen LogP contribution in [-0.4, -0.2) is 59.2 Å². The van der Waals surface area contributed by atoms with E-state index >= 15 is 0 Å².